The molecule has 4 rings (SSSR count). The molecule has 0 fully saturated rings. The fraction of sp³-hybridized carbons (Fsp3) is 0.235. The molecule has 1 N–H and O–H groups in total. The molecule has 0 radical (unpaired) electrons. The molecule has 20 heavy (non-hydrogen) atoms. The predicted octanol–water partition coefficient (Wildman–Crippen LogP) is 4.05. The van der Waals surface area contributed by atoms with Gasteiger partial charge in [-0.1, -0.05) is 30.4 Å². The second-order valence-corrected chi connectivity index (χ2v) is 5.47. The molecule has 1 aromatic heterocycles. The highest BCUT2D eigenvalue weighted by atomic mass is 19.1. The van der Waals surface area contributed by atoms with E-state index in [1.165, 1.54) is 6.07 Å². The van der Waals surface area contributed by atoms with Crippen LogP contribution in [0.1, 0.15) is 29.5 Å². The quantitative estimate of drug-likeness (QED) is 0.788. The van der Waals surface area contributed by atoms with Crippen LogP contribution in [0.4, 0.5) is 10.1 Å². The summed E-state index contributed by atoms with van der Waals surface area (Å²) in [6.45, 7) is 0. The maximum Gasteiger partial charge on any atom is 0.146 e. The van der Waals surface area contributed by atoms with Crippen molar-refractivity contribution in [3.63, 3.8) is 0 Å². The van der Waals surface area contributed by atoms with E-state index in [-0.39, 0.29) is 11.9 Å². The number of hydrogen-bond acceptors (Lipinski definition) is 2. The minimum absolute atomic E-state index is 0.119. The molecular weight excluding hydrogens is 251 g/mol. The van der Waals surface area contributed by atoms with Gasteiger partial charge in [-0.15, -0.1) is 0 Å². The molecule has 1 aliphatic carbocycles. The Balaban J connectivity index is 1.83. The maximum atomic E-state index is 14.1. The minimum atomic E-state index is -0.171. The lowest BCUT2D eigenvalue weighted by Crippen LogP contribution is -2.29. The zero-order valence-corrected chi connectivity index (χ0v) is 11.0. The molecule has 0 saturated heterocycles. The van der Waals surface area contributed by atoms with Crippen molar-refractivity contribution < 1.29 is 4.39 Å². The van der Waals surface area contributed by atoms with Crippen molar-refractivity contribution >= 4 is 5.69 Å². The first-order valence-corrected chi connectivity index (χ1v) is 6.96. The van der Waals surface area contributed by atoms with E-state index in [1.807, 2.05) is 18.3 Å². The van der Waals surface area contributed by atoms with Gasteiger partial charge < -0.3 is 5.32 Å². The van der Waals surface area contributed by atoms with Gasteiger partial charge in [0.05, 0.1) is 11.7 Å². The summed E-state index contributed by atoms with van der Waals surface area (Å²) in [5, 5.41) is 3.40. The number of fused-ring (bicyclic) bond motifs is 3. The van der Waals surface area contributed by atoms with Crippen molar-refractivity contribution in [3.8, 4) is 0 Å². The molecule has 1 aliphatic heterocycles. The van der Waals surface area contributed by atoms with Gasteiger partial charge in [0.25, 0.3) is 0 Å². The van der Waals surface area contributed by atoms with Gasteiger partial charge in [0.2, 0.25) is 0 Å². The van der Waals surface area contributed by atoms with Crippen LogP contribution < -0.4 is 5.32 Å². The highest BCUT2D eigenvalue weighted by Crippen LogP contribution is 2.50. The van der Waals surface area contributed by atoms with Crippen molar-refractivity contribution in [2.45, 2.75) is 18.4 Å². The molecule has 3 atom stereocenters. The SMILES string of the molecule is Fc1cccc2c1N[C@@H](c1cccnc1)[C@H]1CC=C[C@@H]21. The first kappa shape index (κ1) is 11.6. The molecule has 2 nitrogen and oxygen atoms in total. The number of benzene rings is 1. The summed E-state index contributed by atoms with van der Waals surface area (Å²) in [6, 6.07) is 9.46. The summed E-state index contributed by atoms with van der Waals surface area (Å²) in [7, 11) is 0. The van der Waals surface area contributed by atoms with E-state index in [2.05, 4.69) is 28.5 Å². The van der Waals surface area contributed by atoms with E-state index in [0.29, 0.717) is 17.5 Å². The molecule has 2 aromatic rings. The lowest BCUT2D eigenvalue weighted by Gasteiger charge is -2.37. The van der Waals surface area contributed by atoms with E-state index in [9.17, 15) is 4.39 Å². The number of nitrogens with zero attached hydrogens (tertiary/aromatic N) is 1. The Kier molecular flexibility index (Phi) is 2.59. The van der Waals surface area contributed by atoms with Crippen molar-refractivity contribution in [3.05, 3.63) is 71.8 Å². The number of pyridine rings is 1. The van der Waals surface area contributed by atoms with E-state index >= 15 is 0 Å². The Bertz CT molecular complexity index is 666. The molecule has 2 heterocycles. The lowest BCUT2D eigenvalue weighted by molar-refractivity contribution is 0.420. The van der Waals surface area contributed by atoms with Gasteiger partial charge in [0, 0.05) is 18.3 Å². The second kappa shape index (κ2) is 4.44. The summed E-state index contributed by atoms with van der Waals surface area (Å²) in [5.74, 6) is 0.566. The minimum Gasteiger partial charge on any atom is -0.375 e. The smallest absolute Gasteiger partial charge is 0.146 e. The van der Waals surface area contributed by atoms with E-state index in [1.54, 1.807) is 12.3 Å². The second-order valence-electron chi connectivity index (χ2n) is 5.47. The van der Waals surface area contributed by atoms with E-state index in [0.717, 1.165) is 17.5 Å². The number of aromatic nitrogens is 1. The molecule has 100 valence electrons. The molecule has 1 aromatic carbocycles. The fourth-order valence-corrected chi connectivity index (χ4v) is 3.47. The van der Waals surface area contributed by atoms with Crippen LogP contribution in [0.5, 0.6) is 0 Å². The largest absolute Gasteiger partial charge is 0.375 e. The van der Waals surface area contributed by atoms with Gasteiger partial charge in [0.15, 0.2) is 0 Å². The van der Waals surface area contributed by atoms with Gasteiger partial charge in [-0.2, -0.15) is 0 Å². The van der Waals surface area contributed by atoms with Crippen LogP contribution in [-0.4, -0.2) is 4.98 Å². The lowest BCUT2D eigenvalue weighted by atomic mass is 9.77. The Morgan fingerprint density at radius 2 is 2.15 bits per heavy atom. The third kappa shape index (κ3) is 1.66. The molecular formula is C17H15FN2. The Labute approximate surface area is 117 Å². The molecule has 0 saturated carbocycles. The van der Waals surface area contributed by atoms with Crippen LogP contribution in [0.15, 0.2) is 54.9 Å². The summed E-state index contributed by atoms with van der Waals surface area (Å²) in [4.78, 5) is 4.20. The highest BCUT2D eigenvalue weighted by molar-refractivity contribution is 5.60. The summed E-state index contributed by atoms with van der Waals surface area (Å²) in [5.41, 5.74) is 2.85. The van der Waals surface area contributed by atoms with E-state index < -0.39 is 0 Å². The Morgan fingerprint density at radius 1 is 1.20 bits per heavy atom. The van der Waals surface area contributed by atoms with E-state index in [4.69, 9.17) is 0 Å². The number of rotatable bonds is 1. The van der Waals surface area contributed by atoms with Crippen LogP contribution in [-0.2, 0) is 0 Å². The normalized spacial score (nSPS) is 26.8. The topological polar surface area (TPSA) is 24.9 Å². The Hall–Kier alpha value is -2.16. The average molecular weight is 266 g/mol. The number of nitrogens with one attached hydrogen (secondary N) is 1. The van der Waals surface area contributed by atoms with Crippen molar-refractivity contribution in [1.29, 1.82) is 0 Å². The van der Waals surface area contributed by atoms with Gasteiger partial charge in [0.1, 0.15) is 5.82 Å². The van der Waals surface area contributed by atoms with Gasteiger partial charge in [-0.3, -0.25) is 4.98 Å². The summed E-state index contributed by atoms with van der Waals surface area (Å²) in [6.07, 6.45) is 9.09. The predicted molar refractivity (Wildman–Crippen MR) is 77.0 cm³/mol. The van der Waals surface area contributed by atoms with Crippen LogP contribution in [0.3, 0.4) is 0 Å². The van der Waals surface area contributed by atoms with Crippen LogP contribution in [0.25, 0.3) is 0 Å². The maximum absolute atomic E-state index is 14.1. The van der Waals surface area contributed by atoms with Gasteiger partial charge >= 0.3 is 0 Å². The molecule has 2 aliphatic rings. The molecule has 0 amide bonds. The third-order valence-electron chi connectivity index (χ3n) is 4.39. The van der Waals surface area contributed by atoms with Crippen molar-refractivity contribution in [2.24, 2.45) is 5.92 Å². The molecule has 0 unspecified atom stereocenters. The zero-order chi connectivity index (χ0) is 13.5. The monoisotopic (exact) mass is 266 g/mol. The number of para-hydroxylation sites is 1. The fourth-order valence-electron chi connectivity index (χ4n) is 3.47. The molecule has 0 spiro atoms. The van der Waals surface area contributed by atoms with Crippen LogP contribution in [0, 0.1) is 11.7 Å². The highest BCUT2D eigenvalue weighted by Gasteiger charge is 2.38. The first-order valence-electron chi connectivity index (χ1n) is 6.96. The third-order valence-corrected chi connectivity index (χ3v) is 4.39. The Morgan fingerprint density at radius 3 is 3.00 bits per heavy atom. The van der Waals surface area contributed by atoms with Gasteiger partial charge in [-0.25, -0.2) is 4.39 Å². The molecule has 0 bridgehead atoms. The van der Waals surface area contributed by atoms with Gasteiger partial charge in [-0.05, 0) is 35.6 Å². The summed E-state index contributed by atoms with van der Waals surface area (Å²) < 4.78 is 14.1. The zero-order valence-electron chi connectivity index (χ0n) is 11.0. The van der Waals surface area contributed by atoms with Crippen molar-refractivity contribution in [1.82, 2.24) is 4.98 Å². The average Bonchev–Trinajstić information content (AvgIpc) is 2.97. The van der Waals surface area contributed by atoms with Crippen LogP contribution >= 0.6 is 0 Å². The number of allylic oxidation sites excluding steroid dienone is 2. The summed E-state index contributed by atoms with van der Waals surface area (Å²) >= 11 is 0. The molecule has 3 heteroatoms. The standard InChI is InChI=1S/C17H15FN2/c18-15-8-2-7-14-12-5-1-6-13(12)16(20-17(14)15)11-4-3-9-19-10-11/h1-5,7-10,12-13,16,20H,6H2/t12-,13+,16+/m1/s1. The number of anilines is 1. The van der Waals surface area contributed by atoms with Crippen molar-refractivity contribution in [2.75, 3.05) is 5.32 Å². The first-order chi connectivity index (χ1) is 9.84. The number of hydrogen-bond donors (Lipinski definition) is 1. The number of halogens is 1. The van der Waals surface area contributed by atoms with Crippen LogP contribution in [0.2, 0.25) is 0 Å².